The van der Waals surface area contributed by atoms with Crippen molar-refractivity contribution in [2.24, 2.45) is 0 Å². The van der Waals surface area contributed by atoms with Crippen molar-refractivity contribution >= 4 is 11.8 Å². The third kappa shape index (κ3) is 2.19. The van der Waals surface area contributed by atoms with Crippen molar-refractivity contribution in [1.29, 1.82) is 0 Å². The highest BCUT2D eigenvalue weighted by atomic mass is 16.7. The molecule has 1 aliphatic heterocycles. The lowest BCUT2D eigenvalue weighted by atomic mass is 10.3. The van der Waals surface area contributed by atoms with E-state index in [1.807, 2.05) is 0 Å². The molecule has 0 aromatic heterocycles. The van der Waals surface area contributed by atoms with Crippen LogP contribution in [0.5, 0.6) is 0 Å². The summed E-state index contributed by atoms with van der Waals surface area (Å²) >= 11 is 0. The van der Waals surface area contributed by atoms with Crippen LogP contribution in [0.15, 0.2) is 0 Å². The van der Waals surface area contributed by atoms with E-state index < -0.39 is 0 Å². The number of amides is 2. The third-order valence-corrected chi connectivity index (χ3v) is 1.24. The Labute approximate surface area is 64.2 Å². The molecule has 0 spiro atoms. The summed E-state index contributed by atoms with van der Waals surface area (Å²) in [5, 5.41) is 0.895. The van der Waals surface area contributed by atoms with Crippen LogP contribution in [0.4, 0.5) is 0 Å². The molecular weight excluding hydrogens is 148 g/mol. The summed E-state index contributed by atoms with van der Waals surface area (Å²) in [5.74, 6) is -0.508. The zero-order chi connectivity index (χ0) is 8.27. The van der Waals surface area contributed by atoms with Gasteiger partial charge >= 0.3 is 0 Å². The Morgan fingerprint density at radius 3 is 3.00 bits per heavy atom. The lowest BCUT2D eigenvalue weighted by Crippen LogP contribution is -2.47. The first kappa shape index (κ1) is 8.00. The van der Waals surface area contributed by atoms with Crippen molar-refractivity contribution in [2.75, 3.05) is 6.61 Å². The van der Waals surface area contributed by atoms with Crippen LogP contribution in [0.1, 0.15) is 19.8 Å². The average molecular weight is 158 g/mol. The van der Waals surface area contributed by atoms with Crippen LogP contribution in [-0.2, 0) is 14.4 Å². The van der Waals surface area contributed by atoms with Crippen molar-refractivity contribution in [3.63, 3.8) is 0 Å². The molecule has 0 radical (unpaired) electrons. The quantitative estimate of drug-likeness (QED) is 0.564. The first-order valence-electron chi connectivity index (χ1n) is 3.43. The Morgan fingerprint density at radius 1 is 1.73 bits per heavy atom. The van der Waals surface area contributed by atoms with E-state index in [1.54, 1.807) is 0 Å². The molecule has 1 aliphatic rings. The minimum atomic E-state index is -0.305. The van der Waals surface area contributed by atoms with Gasteiger partial charge < -0.3 is 0 Å². The fraction of sp³-hybridized carbons (Fsp3) is 0.667. The highest BCUT2D eigenvalue weighted by molar-refractivity contribution is 5.80. The van der Waals surface area contributed by atoms with Gasteiger partial charge in [0, 0.05) is 13.3 Å². The van der Waals surface area contributed by atoms with Crippen LogP contribution in [0.2, 0.25) is 0 Å². The number of rotatable bonds is 1. The predicted octanol–water partition coefficient (Wildman–Crippen LogP) is -0.409. The molecule has 1 saturated heterocycles. The molecular formula is C6H10N2O3. The minimum absolute atomic E-state index is 0.202. The predicted molar refractivity (Wildman–Crippen MR) is 35.8 cm³/mol. The lowest BCUT2D eigenvalue weighted by Gasteiger charge is -2.24. The number of nitrogens with one attached hydrogen (secondary N) is 1. The van der Waals surface area contributed by atoms with Gasteiger partial charge in [0.1, 0.15) is 0 Å². The standard InChI is InChI=1S/C6H10N2O3/c1-5(9)7-8-6(10)3-2-4-11-8/h2-4H2,1H3,(H,7,9). The first-order chi connectivity index (χ1) is 5.20. The van der Waals surface area contributed by atoms with Crippen LogP contribution in [-0.4, -0.2) is 23.6 Å². The van der Waals surface area contributed by atoms with E-state index in [4.69, 9.17) is 4.84 Å². The SMILES string of the molecule is CC(=O)NN1OCCCC1=O. The molecule has 1 N–H and O–H groups in total. The second kappa shape index (κ2) is 3.34. The average Bonchev–Trinajstić information content (AvgIpc) is 1.93. The Hall–Kier alpha value is -1.10. The molecule has 0 unspecified atom stereocenters. The number of hydroxylamine groups is 1. The number of hydrazine groups is 1. The molecule has 62 valence electrons. The van der Waals surface area contributed by atoms with Crippen LogP contribution in [0.3, 0.4) is 0 Å². The van der Waals surface area contributed by atoms with E-state index in [0.717, 1.165) is 11.6 Å². The Bertz CT molecular complexity index is 181. The van der Waals surface area contributed by atoms with Gasteiger partial charge in [0.2, 0.25) is 5.91 Å². The van der Waals surface area contributed by atoms with Crippen molar-refractivity contribution < 1.29 is 14.4 Å². The van der Waals surface area contributed by atoms with Crippen molar-refractivity contribution in [2.45, 2.75) is 19.8 Å². The second-order valence-electron chi connectivity index (χ2n) is 2.29. The molecule has 0 saturated carbocycles. The first-order valence-corrected chi connectivity index (χ1v) is 3.43. The van der Waals surface area contributed by atoms with Crippen molar-refractivity contribution in [1.82, 2.24) is 10.6 Å². The van der Waals surface area contributed by atoms with Crippen LogP contribution in [0, 0.1) is 0 Å². The summed E-state index contributed by atoms with van der Waals surface area (Å²) in [4.78, 5) is 26.2. The number of nitrogens with zero attached hydrogens (tertiary/aromatic N) is 1. The molecule has 2 amide bonds. The Kier molecular flexibility index (Phi) is 2.43. The van der Waals surface area contributed by atoms with E-state index in [-0.39, 0.29) is 11.8 Å². The lowest BCUT2D eigenvalue weighted by molar-refractivity contribution is -0.217. The Balaban J connectivity index is 2.42. The van der Waals surface area contributed by atoms with Gasteiger partial charge in [-0.15, -0.1) is 5.17 Å². The maximum atomic E-state index is 10.9. The molecule has 0 aliphatic carbocycles. The second-order valence-corrected chi connectivity index (χ2v) is 2.29. The zero-order valence-corrected chi connectivity index (χ0v) is 6.29. The monoisotopic (exact) mass is 158 g/mol. The molecule has 1 rings (SSSR count). The van der Waals surface area contributed by atoms with E-state index in [0.29, 0.717) is 13.0 Å². The fourth-order valence-corrected chi connectivity index (χ4v) is 0.790. The third-order valence-electron chi connectivity index (χ3n) is 1.24. The molecule has 0 bridgehead atoms. The molecule has 0 aromatic carbocycles. The van der Waals surface area contributed by atoms with E-state index in [2.05, 4.69) is 5.43 Å². The fourth-order valence-electron chi connectivity index (χ4n) is 0.790. The molecule has 11 heavy (non-hydrogen) atoms. The van der Waals surface area contributed by atoms with Crippen molar-refractivity contribution in [3.05, 3.63) is 0 Å². The maximum absolute atomic E-state index is 10.9. The van der Waals surface area contributed by atoms with Crippen LogP contribution >= 0.6 is 0 Å². The molecule has 0 atom stereocenters. The smallest absolute Gasteiger partial charge is 0.266 e. The van der Waals surface area contributed by atoms with E-state index in [1.165, 1.54) is 6.92 Å². The molecule has 1 fully saturated rings. The summed E-state index contributed by atoms with van der Waals surface area (Å²) in [6.07, 6.45) is 1.15. The zero-order valence-electron chi connectivity index (χ0n) is 6.29. The summed E-state index contributed by atoms with van der Waals surface area (Å²) in [7, 11) is 0. The number of carbonyl (C=O) groups is 2. The van der Waals surface area contributed by atoms with Crippen molar-refractivity contribution in [3.8, 4) is 0 Å². The minimum Gasteiger partial charge on any atom is -0.274 e. The Morgan fingerprint density at radius 2 is 2.45 bits per heavy atom. The molecule has 0 aromatic rings. The summed E-state index contributed by atoms with van der Waals surface area (Å²) < 4.78 is 0. The normalized spacial score (nSPS) is 18.3. The van der Waals surface area contributed by atoms with Gasteiger partial charge in [-0.05, 0) is 6.42 Å². The van der Waals surface area contributed by atoms with E-state index >= 15 is 0 Å². The van der Waals surface area contributed by atoms with Gasteiger partial charge in [0.05, 0.1) is 6.61 Å². The highest BCUT2D eigenvalue weighted by Crippen LogP contribution is 2.04. The number of hydrogen-bond donors (Lipinski definition) is 1. The van der Waals surface area contributed by atoms with Crippen LogP contribution in [0.25, 0.3) is 0 Å². The molecule has 5 nitrogen and oxygen atoms in total. The van der Waals surface area contributed by atoms with Gasteiger partial charge in [-0.3, -0.25) is 14.4 Å². The summed E-state index contributed by atoms with van der Waals surface area (Å²) in [6, 6.07) is 0. The summed E-state index contributed by atoms with van der Waals surface area (Å²) in [6.45, 7) is 1.80. The number of carbonyl (C=O) groups excluding carboxylic acids is 2. The van der Waals surface area contributed by atoms with Gasteiger partial charge in [-0.2, -0.15) is 0 Å². The molecule has 5 heteroatoms. The van der Waals surface area contributed by atoms with E-state index in [9.17, 15) is 9.59 Å². The van der Waals surface area contributed by atoms with Gasteiger partial charge in [0.15, 0.2) is 0 Å². The van der Waals surface area contributed by atoms with Crippen LogP contribution < -0.4 is 5.43 Å². The largest absolute Gasteiger partial charge is 0.274 e. The maximum Gasteiger partial charge on any atom is 0.266 e. The molecule has 1 heterocycles. The van der Waals surface area contributed by atoms with Gasteiger partial charge in [-0.1, -0.05) is 0 Å². The van der Waals surface area contributed by atoms with Gasteiger partial charge in [-0.25, -0.2) is 5.43 Å². The topological polar surface area (TPSA) is 58.6 Å². The highest BCUT2D eigenvalue weighted by Gasteiger charge is 2.19. The number of hydrogen-bond acceptors (Lipinski definition) is 3. The van der Waals surface area contributed by atoms with Gasteiger partial charge in [0.25, 0.3) is 5.91 Å². The summed E-state index contributed by atoms with van der Waals surface area (Å²) in [5.41, 5.74) is 2.25.